The minimum atomic E-state index is -0.802. The number of nitriles is 1. The molecule has 7 heteroatoms. The summed E-state index contributed by atoms with van der Waals surface area (Å²) in [6.07, 6.45) is 0. The van der Waals surface area contributed by atoms with Gasteiger partial charge in [0.15, 0.2) is 5.82 Å². The van der Waals surface area contributed by atoms with E-state index in [2.05, 4.69) is 20.9 Å². The number of halogens is 3. The lowest BCUT2D eigenvalue weighted by Gasteiger charge is -2.09. The molecule has 0 aliphatic carbocycles. The average Bonchev–Trinajstić information content (AvgIpc) is 2.75. The van der Waals surface area contributed by atoms with Gasteiger partial charge in [-0.25, -0.2) is 13.8 Å². The molecule has 3 aromatic rings. The molecule has 2 N–H and O–H groups in total. The first kappa shape index (κ1) is 13.5. The van der Waals surface area contributed by atoms with Crippen molar-refractivity contribution < 1.29 is 8.78 Å². The number of nitrogens with zero attached hydrogens (tertiary/aromatic N) is 3. The lowest BCUT2D eigenvalue weighted by molar-refractivity contribution is 0.590. The first-order chi connectivity index (χ1) is 10.0. The Morgan fingerprint density at radius 2 is 2.00 bits per heavy atom. The van der Waals surface area contributed by atoms with Crippen LogP contribution in [-0.2, 0) is 0 Å². The van der Waals surface area contributed by atoms with E-state index in [0.717, 1.165) is 12.1 Å². The summed E-state index contributed by atoms with van der Waals surface area (Å²) in [5.41, 5.74) is 6.65. The van der Waals surface area contributed by atoms with Crippen molar-refractivity contribution >= 4 is 32.9 Å². The second-order valence-corrected chi connectivity index (χ2v) is 5.25. The molecule has 0 aliphatic heterocycles. The van der Waals surface area contributed by atoms with Crippen LogP contribution in [0.4, 0.5) is 14.7 Å². The van der Waals surface area contributed by atoms with Crippen LogP contribution in [0, 0.1) is 23.0 Å². The van der Waals surface area contributed by atoms with Crippen LogP contribution in [0.1, 0.15) is 5.56 Å². The number of fused-ring (bicyclic) bond motifs is 1. The third kappa shape index (κ3) is 2.14. The van der Waals surface area contributed by atoms with E-state index in [-0.39, 0.29) is 17.0 Å². The zero-order valence-corrected chi connectivity index (χ0v) is 12.0. The van der Waals surface area contributed by atoms with Gasteiger partial charge in [-0.15, -0.1) is 0 Å². The maximum Gasteiger partial charge on any atom is 0.206 e. The SMILES string of the molecule is N#Cc1ccc(Br)cc1-n1c(N)nc2c(F)cc(F)cc21. The number of rotatable bonds is 1. The fourth-order valence-electron chi connectivity index (χ4n) is 2.16. The van der Waals surface area contributed by atoms with Crippen LogP contribution < -0.4 is 5.73 Å². The fourth-order valence-corrected chi connectivity index (χ4v) is 2.51. The summed E-state index contributed by atoms with van der Waals surface area (Å²) in [5.74, 6) is -1.57. The van der Waals surface area contributed by atoms with Gasteiger partial charge in [0.25, 0.3) is 0 Å². The average molecular weight is 349 g/mol. The van der Waals surface area contributed by atoms with E-state index in [9.17, 15) is 14.0 Å². The standard InChI is InChI=1S/C14H7BrF2N4/c15-8-2-1-7(6-18)11(3-8)21-12-5-9(16)4-10(17)13(12)20-14(21)19/h1-5H,(H2,19,20). The summed E-state index contributed by atoms with van der Waals surface area (Å²) in [6.45, 7) is 0. The van der Waals surface area contributed by atoms with Crippen molar-refractivity contribution in [2.45, 2.75) is 0 Å². The van der Waals surface area contributed by atoms with Gasteiger partial charge in [0.1, 0.15) is 17.4 Å². The van der Waals surface area contributed by atoms with Gasteiger partial charge in [-0.3, -0.25) is 4.57 Å². The molecule has 0 amide bonds. The second-order valence-electron chi connectivity index (χ2n) is 4.33. The highest BCUT2D eigenvalue weighted by Crippen LogP contribution is 2.29. The minimum absolute atomic E-state index is 0.0240. The number of aromatic nitrogens is 2. The van der Waals surface area contributed by atoms with Gasteiger partial charge in [0, 0.05) is 16.6 Å². The van der Waals surface area contributed by atoms with Gasteiger partial charge in [-0.2, -0.15) is 5.26 Å². The predicted octanol–water partition coefficient (Wildman–Crippen LogP) is 3.52. The van der Waals surface area contributed by atoms with E-state index in [0.29, 0.717) is 15.7 Å². The fraction of sp³-hybridized carbons (Fsp3) is 0. The molecular weight excluding hydrogens is 342 g/mol. The van der Waals surface area contributed by atoms with Gasteiger partial charge < -0.3 is 5.73 Å². The van der Waals surface area contributed by atoms with Crippen LogP contribution in [0.2, 0.25) is 0 Å². The molecule has 0 fully saturated rings. The number of nitrogen functional groups attached to an aromatic ring is 1. The largest absolute Gasteiger partial charge is 0.369 e. The normalized spacial score (nSPS) is 10.8. The number of hydrogen-bond donors (Lipinski definition) is 1. The van der Waals surface area contributed by atoms with E-state index < -0.39 is 11.6 Å². The van der Waals surface area contributed by atoms with Crippen LogP contribution in [-0.4, -0.2) is 9.55 Å². The highest BCUT2D eigenvalue weighted by molar-refractivity contribution is 9.10. The van der Waals surface area contributed by atoms with Crippen molar-refractivity contribution in [1.82, 2.24) is 9.55 Å². The molecule has 21 heavy (non-hydrogen) atoms. The van der Waals surface area contributed by atoms with Crippen molar-refractivity contribution in [2.75, 3.05) is 5.73 Å². The summed E-state index contributed by atoms with van der Waals surface area (Å²) in [5, 5.41) is 9.19. The number of benzene rings is 2. The Morgan fingerprint density at radius 1 is 1.24 bits per heavy atom. The van der Waals surface area contributed by atoms with E-state index >= 15 is 0 Å². The highest BCUT2D eigenvalue weighted by Gasteiger charge is 2.17. The maximum atomic E-state index is 13.8. The molecule has 0 saturated heterocycles. The molecule has 1 heterocycles. The van der Waals surface area contributed by atoms with Crippen molar-refractivity contribution in [1.29, 1.82) is 5.26 Å². The molecule has 3 rings (SSSR count). The topological polar surface area (TPSA) is 67.6 Å². The second kappa shape index (κ2) is 4.82. The van der Waals surface area contributed by atoms with Crippen LogP contribution in [0.5, 0.6) is 0 Å². The molecule has 0 atom stereocenters. The smallest absolute Gasteiger partial charge is 0.206 e. The Balaban J connectivity index is 2.44. The molecule has 0 aliphatic rings. The van der Waals surface area contributed by atoms with Crippen LogP contribution in [0.25, 0.3) is 16.7 Å². The van der Waals surface area contributed by atoms with Crippen molar-refractivity contribution in [2.24, 2.45) is 0 Å². The summed E-state index contributed by atoms with van der Waals surface area (Å²) < 4.78 is 29.3. The third-order valence-electron chi connectivity index (χ3n) is 3.03. The zero-order chi connectivity index (χ0) is 15.1. The summed E-state index contributed by atoms with van der Waals surface area (Å²) in [4.78, 5) is 3.91. The molecule has 0 saturated carbocycles. The van der Waals surface area contributed by atoms with E-state index in [1.165, 1.54) is 4.57 Å². The molecular formula is C14H7BrF2N4. The third-order valence-corrected chi connectivity index (χ3v) is 3.52. The Kier molecular flexibility index (Phi) is 3.11. The van der Waals surface area contributed by atoms with Gasteiger partial charge in [0.2, 0.25) is 5.95 Å². The molecule has 2 aromatic carbocycles. The summed E-state index contributed by atoms with van der Waals surface area (Å²) >= 11 is 3.30. The first-order valence-electron chi connectivity index (χ1n) is 5.84. The van der Waals surface area contributed by atoms with Crippen molar-refractivity contribution in [3.63, 3.8) is 0 Å². The maximum absolute atomic E-state index is 13.8. The van der Waals surface area contributed by atoms with Crippen molar-refractivity contribution in [3.8, 4) is 11.8 Å². The summed E-state index contributed by atoms with van der Waals surface area (Å²) in [6, 6.07) is 8.80. The van der Waals surface area contributed by atoms with Gasteiger partial charge in [-0.1, -0.05) is 15.9 Å². The lowest BCUT2D eigenvalue weighted by Crippen LogP contribution is -2.03. The van der Waals surface area contributed by atoms with Crippen LogP contribution in [0.3, 0.4) is 0 Å². The van der Waals surface area contributed by atoms with E-state index in [1.54, 1.807) is 18.2 Å². The van der Waals surface area contributed by atoms with Crippen molar-refractivity contribution in [3.05, 3.63) is 52.0 Å². The molecule has 4 nitrogen and oxygen atoms in total. The van der Waals surface area contributed by atoms with E-state index in [1.807, 2.05) is 6.07 Å². The van der Waals surface area contributed by atoms with Gasteiger partial charge in [0.05, 0.1) is 16.8 Å². The number of nitrogens with two attached hydrogens (primary N) is 1. The molecule has 0 unspecified atom stereocenters. The van der Waals surface area contributed by atoms with Crippen LogP contribution in [0.15, 0.2) is 34.8 Å². The Bertz CT molecular complexity index is 911. The van der Waals surface area contributed by atoms with Gasteiger partial charge in [-0.05, 0) is 18.2 Å². The first-order valence-corrected chi connectivity index (χ1v) is 6.63. The quantitative estimate of drug-likeness (QED) is 0.731. The Labute approximate surface area is 126 Å². The number of imidazole rings is 1. The van der Waals surface area contributed by atoms with Gasteiger partial charge >= 0.3 is 0 Å². The van der Waals surface area contributed by atoms with E-state index in [4.69, 9.17) is 5.73 Å². The Hall–Kier alpha value is -2.46. The molecule has 0 radical (unpaired) electrons. The predicted molar refractivity (Wildman–Crippen MR) is 77.8 cm³/mol. The zero-order valence-electron chi connectivity index (χ0n) is 10.4. The molecule has 0 spiro atoms. The lowest BCUT2D eigenvalue weighted by atomic mass is 10.2. The highest BCUT2D eigenvalue weighted by atomic mass is 79.9. The molecule has 104 valence electrons. The summed E-state index contributed by atoms with van der Waals surface area (Å²) in [7, 11) is 0. The number of anilines is 1. The minimum Gasteiger partial charge on any atom is -0.369 e. The Morgan fingerprint density at radius 3 is 2.71 bits per heavy atom. The van der Waals surface area contributed by atoms with Crippen LogP contribution >= 0.6 is 15.9 Å². The molecule has 1 aromatic heterocycles. The monoisotopic (exact) mass is 348 g/mol. The molecule has 0 bridgehead atoms. The number of hydrogen-bond acceptors (Lipinski definition) is 3.